The number of aryl methyl sites for hydroxylation is 1. The normalized spacial score (nSPS) is 14.1. The molecule has 1 atom stereocenters. The summed E-state index contributed by atoms with van der Waals surface area (Å²) in [4.78, 5) is 0. The molecule has 2 nitrogen and oxygen atoms in total. The Bertz CT molecular complexity index is 567. The number of hydrogen-bond donors (Lipinski definition) is 1. The third kappa shape index (κ3) is 2.10. The zero-order valence-electron chi connectivity index (χ0n) is 10.3. The largest absolute Gasteiger partial charge is 0.416 e. The summed E-state index contributed by atoms with van der Waals surface area (Å²) in [5.41, 5.74) is 6.67. The lowest BCUT2D eigenvalue weighted by Gasteiger charge is -2.08. The van der Waals surface area contributed by atoms with Crippen molar-refractivity contribution in [2.45, 2.75) is 32.6 Å². The number of nitrogens with two attached hydrogens (primary N) is 1. The van der Waals surface area contributed by atoms with Crippen LogP contribution in [0.2, 0.25) is 0 Å². The van der Waals surface area contributed by atoms with Crippen molar-refractivity contribution in [3.8, 4) is 0 Å². The monoisotopic (exact) mass is 256 g/mol. The highest BCUT2D eigenvalue weighted by molar-refractivity contribution is 5.85. The Morgan fingerprint density at radius 1 is 1.33 bits per heavy atom. The minimum Gasteiger partial charge on any atom is -0.347 e. The molecule has 98 valence electrons. The molecule has 0 aliphatic heterocycles. The van der Waals surface area contributed by atoms with Gasteiger partial charge in [0.25, 0.3) is 0 Å². The molecule has 0 fully saturated rings. The Kier molecular flexibility index (Phi) is 3.11. The molecule has 2 N–H and O–H groups in total. The van der Waals surface area contributed by atoms with Crippen LogP contribution in [0.4, 0.5) is 13.2 Å². The molecule has 1 aromatic carbocycles. The van der Waals surface area contributed by atoms with Crippen molar-refractivity contribution in [3.05, 3.63) is 35.5 Å². The maximum atomic E-state index is 12.7. The molecule has 0 saturated heterocycles. The summed E-state index contributed by atoms with van der Waals surface area (Å²) in [7, 11) is 0. The first-order valence-electron chi connectivity index (χ1n) is 5.80. The molecule has 0 aliphatic carbocycles. The van der Waals surface area contributed by atoms with Gasteiger partial charge in [-0.15, -0.1) is 0 Å². The lowest BCUT2D eigenvalue weighted by atomic mass is 10.1. The molecule has 5 heteroatoms. The van der Waals surface area contributed by atoms with Gasteiger partial charge in [0.05, 0.1) is 5.56 Å². The molecule has 0 bridgehead atoms. The van der Waals surface area contributed by atoms with Gasteiger partial charge in [-0.05, 0) is 31.5 Å². The summed E-state index contributed by atoms with van der Waals surface area (Å²) in [6.07, 6.45) is -2.49. The van der Waals surface area contributed by atoms with Crippen LogP contribution in [0.25, 0.3) is 10.9 Å². The van der Waals surface area contributed by atoms with Crippen LogP contribution in [0, 0.1) is 0 Å². The number of nitrogens with zero attached hydrogens (tertiary/aromatic N) is 1. The molecule has 0 saturated carbocycles. The second kappa shape index (κ2) is 4.31. The minimum absolute atomic E-state index is 0.197. The Morgan fingerprint density at radius 3 is 2.50 bits per heavy atom. The summed E-state index contributed by atoms with van der Waals surface area (Å²) in [6.45, 7) is 4.33. The topological polar surface area (TPSA) is 30.9 Å². The van der Waals surface area contributed by atoms with Gasteiger partial charge < -0.3 is 10.3 Å². The van der Waals surface area contributed by atoms with E-state index in [4.69, 9.17) is 5.73 Å². The smallest absolute Gasteiger partial charge is 0.347 e. The second-order valence-corrected chi connectivity index (χ2v) is 4.39. The van der Waals surface area contributed by atoms with Crippen LogP contribution in [0.3, 0.4) is 0 Å². The molecule has 2 rings (SSSR count). The van der Waals surface area contributed by atoms with Crippen molar-refractivity contribution >= 4 is 10.9 Å². The Morgan fingerprint density at radius 2 is 2.00 bits per heavy atom. The van der Waals surface area contributed by atoms with Crippen LogP contribution in [0.15, 0.2) is 24.4 Å². The fourth-order valence-electron chi connectivity index (χ4n) is 2.12. The quantitative estimate of drug-likeness (QED) is 0.872. The van der Waals surface area contributed by atoms with E-state index in [1.165, 1.54) is 12.1 Å². The number of alkyl halides is 3. The fourth-order valence-corrected chi connectivity index (χ4v) is 2.12. The van der Waals surface area contributed by atoms with Gasteiger partial charge in [-0.25, -0.2) is 0 Å². The van der Waals surface area contributed by atoms with Gasteiger partial charge in [0.2, 0.25) is 0 Å². The van der Waals surface area contributed by atoms with E-state index in [1.54, 1.807) is 4.57 Å². The van der Waals surface area contributed by atoms with E-state index >= 15 is 0 Å². The van der Waals surface area contributed by atoms with Crippen LogP contribution in [-0.4, -0.2) is 4.57 Å². The van der Waals surface area contributed by atoms with Gasteiger partial charge in [-0.2, -0.15) is 13.2 Å². The summed E-state index contributed by atoms with van der Waals surface area (Å²) in [5, 5.41) is 0.792. The van der Waals surface area contributed by atoms with Crippen LogP contribution < -0.4 is 5.73 Å². The standard InChI is InChI=1S/C13H15F3N2/c1-3-18-7-11(8(2)17)10-5-4-9(6-12(10)18)13(14,15)16/h4-8H,3,17H2,1-2H3. The molecule has 0 spiro atoms. The lowest BCUT2D eigenvalue weighted by molar-refractivity contribution is -0.137. The summed E-state index contributed by atoms with van der Waals surface area (Å²) >= 11 is 0. The number of aromatic nitrogens is 1. The molecule has 1 unspecified atom stereocenters. The maximum Gasteiger partial charge on any atom is 0.416 e. The number of fused-ring (bicyclic) bond motifs is 1. The first-order valence-corrected chi connectivity index (χ1v) is 5.80. The Balaban J connectivity index is 2.69. The predicted molar refractivity (Wildman–Crippen MR) is 65.2 cm³/mol. The van der Waals surface area contributed by atoms with Gasteiger partial charge in [-0.1, -0.05) is 6.07 Å². The van der Waals surface area contributed by atoms with Gasteiger partial charge in [0.15, 0.2) is 0 Å². The summed E-state index contributed by atoms with van der Waals surface area (Å²) in [5.74, 6) is 0. The van der Waals surface area contributed by atoms with Crippen molar-refractivity contribution in [1.29, 1.82) is 0 Å². The highest BCUT2D eigenvalue weighted by Crippen LogP contribution is 2.33. The number of rotatable bonds is 2. The third-order valence-electron chi connectivity index (χ3n) is 3.07. The number of halogens is 3. The molecule has 1 aromatic heterocycles. The van der Waals surface area contributed by atoms with Crippen molar-refractivity contribution in [2.75, 3.05) is 0 Å². The molecular weight excluding hydrogens is 241 g/mol. The van der Waals surface area contributed by atoms with E-state index in [1.807, 2.05) is 20.0 Å². The number of hydrogen-bond acceptors (Lipinski definition) is 1. The maximum absolute atomic E-state index is 12.7. The molecule has 18 heavy (non-hydrogen) atoms. The highest BCUT2D eigenvalue weighted by atomic mass is 19.4. The van der Waals surface area contributed by atoms with Gasteiger partial charge in [0.1, 0.15) is 0 Å². The van der Waals surface area contributed by atoms with E-state index < -0.39 is 11.7 Å². The zero-order valence-corrected chi connectivity index (χ0v) is 10.3. The van der Waals surface area contributed by atoms with Gasteiger partial charge in [-0.3, -0.25) is 0 Å². The molecule has 1 heterocycles. The Hall–Kier alpha value is -1.49. The second-order valence-electron chi connectivity index (χ2n) is 4.39. The average molecular weight is 256 g/mol. The van der Waals surface area contributed by atoms with Crippen molar-refractivity contribution in [2.24, 2.45) is 5.73 Å². The minimum atomic E-state index is -4.31. The van der Waals surface area contributed by atoms with E-state index in [0.717, 1.165) is 17.0 Å². The van der Waals surface area contributed by atoms with Gasteiger partial charge >= 0.3 is 6.18 Å². The van der Waals surface area contributed by atoms with Gasteiger partial charge in [0, 0.05) is 29.7 Å². The van der Waals surface area contributed by atoms with Crippen molar-refractivity contribution in [3.63, 3.8) is 0 Å². The van der Waals surface area contributed by atoms with Crippen LogP contribution in [-0.2, 0) is 12.7 Å². The van der Waals surface area contributed by atoms with E-state index in [-0.39, 0.29) is 6.04 Å². The van der Waals surface area contributed by atoms with Crippen LogP contribution in [0.1, 0.15) is 31.0 Å². The summed E-state index contributed by atoms with van der Waals surface area (Å²) < 4.78 is 39.8. The predicted octanol–water partition coefficient (Wildman–Crippen LogP) is 3.70. The van der Waals surface area contributed by atoms with E-state index in [2.05, 4.69) is 0 Å². The molecule has 0 amide bonds. The van der Waals surface area contributed by atoms with Crippen molar-refractivity contribution < 1.29 is 13.2 Å². The molecule has 0 radical (unpaired) electrons. The van der Waals surface area contributed by atoms with Crippen LogP contribution >= 0.6 is 0 Å². The van der Waals surface area contributed by atoms with Crippen LogP contribution in [0.5, 0.6) is 0 Å². The van der Waals surface area contributed by atoms with E-state index in [9.17, 15) is 13.2 Å². The van der Waals surface area contributed by atoms with E-state index in [0.29, 0.717) is 12.1 Å². The molecular formula is C13H15F3N2. The first-order chi connectivity index (χ1) is 8.34. The zero-order chi connectivity index (χ0) is 13.5. The lowest BCUT2D eigenvalue weighted by Crippen LogP contribution is -2.05. The molecule has 0 aliphatic rings. The first kappa shape index (κ1) is 13.0. The average Bonchev–Trinajstić information content (AvgIpc) is 2.65. The SMILES string of the molecule is CCn1cc(C(C)N)c2ccc(C(F)(F)F)cc21. The third-order valence-corrected chi connectivity index (χ3v) is 3.07. The Labute approximate surface area is 103 Å². The molecule has 2 aromatic rings. The fraction of sp³-hybridized carbons (Fsp3) is 0.385. The number of benzene rings is 1. The van der Waals surface area contributed by atoms with Crippen molar-refractivity contribution in [1.82, 2.24) is 4.57 Å². The summed E-state index contributed by atoms with van der Waals surface area (Å²) in [6, 6.07) is 3.60. The highest BCUT2D eigenvalue weighted by Gasteiger charge is 2.31.